The molecule has 0 aromatic carbocycles. The largest absolute Gasteiger partial charge is 0.522 e. The van der Waals surface area contributed by atoms with E-state index in [1.165, 1.54) is 6.92 Å². The normalized spacial score (nSPS) is 28.7. The van der Waals surface area contributed by atoms with Crippen LogP contribution >= 0.6 is 0 Å². The van der Waals surface area contributed by atoms with Gasteiger partial charge in [-0.25, -0.2) is 0 Å². The van der Waals surface area contributed by atoms with Gasteiger partial charge in [-0.2, -0.15) is 0 Å². The third kappa shape index (κ3) is 2.81. The molecule has 0 saturated heterocycles. The average molecular weight is 182 g/mol. The Hall–Kier alpha value is -0.580. The first-order valence-corrected chi connectivity index (χ1v) is 3.61. The first-order valence-electron chi connectivity index (χ1n) is 3.61. The monoisotopic (exact) mass is 182 g/mol. The Morgan fingerprint density at radius 3 is 2.50 bits per heavy atom. The van der Waals surface area contributed by atoms with Crippen LogP contribution in [0.4, 0.5) is 13.2 Å². The van der Waals surface area contributed by atoms with E-state index in [9.17, 15) is 18.0 Å². The fraction of sp³-hybridized carbons (Fsp3) is 0.857. The minimum atomic E-state index is -4.57. The quantitative estimate of drug-likeness (QED) is 0.664. The summed E-state index contributed by atoms with van der Waals surface area (Å²) in [5.74, 6) is -0.470. The van der Waals surface area contributed by atoms with E-state index in [0.717, 1.165) is 0 Å². The zero-order chi connectivity index (χ0) is 9.35. The van der Waals surface area contributed by atoms with Crippen molar-refractivity contribution in [2.75, 3.05) is 6.61 Å². The molecule has 1 saturated carbocycles. The van der Waals surface area contributed by atoms with Gasteiger partial charge in [-0.1, -0.05) is 0 Å². The van der Waals surface area contributed by atoms with Crippen molar-refractivity contribution in [3.8, 4) is 0 Å². The minimum absolute atomic E-state index is 0.0502. The maximum atomic E-state index is 11.5. The zero-order valence-electron chi connectivity index (χ0n) is 6.52. The Bertz CT molecular complexity index is 188. The predicted octanol–water partition coefficient (Wildman–Crippen LogP) is 1.75. The summed E-state index contributed by atoms with van der Waals surface area (Å²) < 4.78 is 38.0. The van der Waals surface area contributed by atoms with Gasteiger partial charge >= 0.3 is 6.36 Å². The number of ether oxygens (including phenoxy) is 1. The number of rotatable bonds is 3. The van der Waals surface area contributed by atoms with E-state index >= 15 is 0 Å². The molecule has 0 unspecified atom stereocenters. The van der Waals surface area contributed by atoms with Gasteiger partial charge in [0.25, 0.3) is 0 Å². The molecular weight excluding hydrogens is 173 g/mol. The van der Waals surface area contributed by atoms with Crippen molar-refractivity contribution in [1.82, 2.24) is 0 Å². The Morgan fingerprint density at radius 1 is 1.58 bits per heavy atom. The fourth-order valence-corrected chi connectivity index (χ4v) is 1.13. The maximum Gasteiger partial charge on any atom is 0.522 e. The van der Waals surface area contributed by atoms with Crippen LogP contribution in [0, 0.1) is 11.8 Å². The number of Topliss-reactive ketones (excluding diaryl/α,β-unsaturated/α-hetero) is 1. The van der Waals surface area contributed by atoms with Crippen molar-refractivity contribution in [1.29, 1.82) is 0 Å². The molecule has 5 heteroatoms. The summed E-state index contributed by atoms with van der Waals surface area (Å²) >= 11 is 0. The number of carbonyl (C=O) groups excluding carboxylic acids is 1. The number of carbonyl (C=O) groups is 1. The molecule has 1 rings (SSSR count). The molecule has 2 nitrogen and oxygen atoms in total. The predicted molar refractivity (Wildman–Crippen MR) is 34.3 cm³/mol. The SMILES string of the molecule is CC(=O)[C@H]1C[C@@H]1COC(F)(F)F. The number of halogens is 3. The molecule has 1 fully saturated rings. The second kappa shape index (κ2) is 3.05. The molecule has 2 atom stereocenters. The molecule has 70 valence electrons. The van der Waals surface area contributed by atoms with Crippen LogP contribution in [0.2, 0.25) is 0 Å². The molecule has 12 heavy (non-hydrogen) atoms. The van der Waals surface area contributed by atoms with E-state index in [4.69, 9.17) is 0 Å². The van der Waals surface area contributed by atoms with Crippen LogP contribution in [-0.4, -0.2) is 18.8 Å². The van der Waals surface area contributed by atoms with Gasteiger partial charge in [-0.05, 0) is 19.3 Å². The van der Waals surface area contributed by atoms with Crippen molar-refractivity contribution in [2.45, 2.75) is 19.7 Å². The molecule has 0 aromatic rings. The molecule has 0 amide bonds. The first kappa shape index (κ1) is 9.51. The molecule has 0 spiro atoms. The maximum absolute atomic E-state index is 11.5. The van der Waals surface area contributed by atoms with Crippen molar-refractivity contribution in [3.05, 3.63) is 0 Å². The standard InChI is InChI=1S/C7H9F3O2/c1-4(11)6-2-5(6)3-12-7(8,9)10/h5-6H,2-3H2,1H3/t5-,6-/m1/s1. The molecular formula is C7H9F3O2. The number of hydrogen-bond acceptors (Lipinski definition) is 2. The van der Waals surface area contributed by atoms with Gasteiger partial charge in [0, 0.05) is 5.92 Å². The van der Waals surface area contributed by atoms with Crippen LogP contribution in [0.15, 0.2) is 0 Å². The summed E-state index contributed by atoms with van der Waals surface area (Å²) in [6.07, 6.45) is -4.03. The summed E-state index contributed by atoms with van der Waals surface area (Å²) in [4.78, 5) is 10.6. The minimum Gasteiger partial charge on any atom is -0.300 e. The molecule has 0 aromatic heterocycles. The van der Waals surface area contributed by atoms with Crippen LogP contribution in [0.3, 0.4) is 0 Å². The molecule has 0 bridgehead atoms. The lowest BCUT2D eigenvalue weighted by Gasteiger charge is -2.05. The highest BCUT2D eigenvalue weighted by molar-refractivity contribution is 5.81. The van der Waals surface area contributed by atoms with E-state index in [2.05, 4.69) is 4.74 Å². The van der Waals surface area contributed by atoms with Gasteiger partial charge in [0.1, 0.15) is 5.78 Å². The summed E-state index contributed by atoms with van der Waals surface area (Å²) in [7, 11) is 0. The van der Waals surface area contributed by atoms with Gasteiger partial charge < -0.3 is 0 Å². The van der Waals surface area contributed by atoms with E-state index in [0.29, 0.717) is 6.42 Å². The second-order valence-electron chi connectivity index (χ2n) is 2.97. The van der Waals surface area contributed by atoms with E-state index in [1.54, 1.807) is 0 Å². The Labute approximate surface area is 67.7 Å². The third-order valence-corrected chi connectivity index (χ3v) is 1.91. The molecule has 0 heterocycles. The lowest BCUT2D eigenvalue weighted by atomic mass is 10.2. The Kier molecular flexibility index (Phi) is 2.41. The van der Waals surface area contributed by atoms with Crippen LogP contribution in [0.5, 0.6) is 0 Å². The van der Waals surface area contributed by atoms with Crippen molar-refractivity contribution < 1.29 is 22.7 Å². The average Bonchev–Trinajstić information content (AvgIpc) is 2.59. The van der Waals surface area contributed by atoms with E-state index in [-0.39, 0.29) is 24.2 Å². The van der Waals surface area contributed by atoms with Crippen molar-refractivity contribution >= 4 is 5.78 Å². The highest BCUT2D eigenvalue weighted by Crippen LogP contribution is 2.40. The summed E-state index contributed by atoms with van der Waals surface area (Å²) in [5.41, 5.74) is 0. The second-order valence-corrected chi connectivity index (χ2v) is 2.97. The summed E-state index contributed by atoms with van der Waals surface area (Å²) in [6, 6.07) is 0. The molecule has 1 aliphatic rings. The third-order valence-electron chi connectivity index (χ3n) is 1.91. The van der Waals surface area contributed by atoms with E-state index in [1.807, 2.05) is 0 Å². The molecule has 0 aliphatic heterocycles. The van der Waals surface area contributed by atoms with Gasteiger partial charge in [0.2, 0.25) is 0 Å². The Balaban J connectivity index is 2.16. The van der Waals surface area contributed by atoms with Gasteiger partial charge in [-0.15, -0.1) is 13.2 Å². The van der Waals surface area contributed by atoms with Crippen LogP contribution < -0.4 is 0 Å². The summed E-state index contributed by atoms with van der Waals surface area (Å²) in [6.45, 7) is 1.01. The number of alkyl halides is 3. The van der Waals surface area contributed by atoms with Crippen LogP contribution in [-0.2, 0) is 9.53 Å². The van der Waals surface area contributed by atoms with Crippen LogP contribution in [0.1, 0.15) is 13.3 Å². The van der Waals surface area contributed by atoms with Gasteiger partial charge in [0.05, 0.1) is 6.61 Å². The van der Waals surface area contributed by atoms with Gasteiger partial charge in [-0.3, -0.25) is 9.53 Å². The topological polar surface area (TPSA) is 26.3 Å². The summed E-state index contributed by atoms with van der Waals surface area (Å²) in [5, 5.41) is 0. The first-order chi connectivity index (χ1) is 5.40. The molecule has 0 N–H and O–H groups in total. The lowest BCUT2D eigenvalue weighted by Crippen LogP contribution is -2.16. The van der Waals surface area contributed by atoms with Gasteiger partial charge in [0.15, 0.2) is 0 Å². The van der Waals surface area contributed by atoms with Crippen LogP contribution in [0.25, 0.3) is 0 Å². The zero-order valence-corrected chi connectivity index (χ0v) is 6.52. The smallest absolute Gasteiger partial charge is 0.300 e. The van der Waals surface area contributed by atoms with E-state index < -0.39 is 6.36 Å². The highest BCUT2D eigenvalue weighted by atomic mass is 19.4. The number of hydrogen-bond donors (Lipinski definition) is 0. The highest BCUT2D eigenvalue weighted by Gasteiger charge is 2.43. The fourth-order valence-electron chi connectivity index (χ4n) is 1.13. The molecule has 1 aliphatic carbocycles. The number of ketones is 1. The Morgan fingerprint density at radius 2 is 2.17 bits per heavy atom. The van der Waals surface area contributed by atoms with Crippen molar-refractivity contribution in [3.63, 3.8) is 0 Å². The molecule has 0 radical (unpaired) electrons. The van der Waals surface area contributed by atoms with Crippen molar-refractivity contribution in [2.24, 2.45) is 11.8 Å². The lowest BCUT2D eigenvalue weighted by molar-refractivity contribution is -0.326.